The Morgan fingerprint density at radius 3 is 2.83 bits per heavy atom. The highest BCUT2D eigenvalue weighted by Crippen LogP contribution is 2.33. The van der Waals surface area contributed by atoms with E-state index in [1.54, 1.807) is 17.0 Å². The first kappa shape index (κ1) is 20.2. The Bertz CT molecular complexity index is 958. The van der Waals surface area contributed by atoms with Gasteiger partial charge in [-0.3, -0.25) is 14.6 Å². The highest BCUT2D eigenvalue weighted by Gasteiger charge is 2.34. The van der Waals surface area contributed by atoms with E-state index >= 15 is 0 Å². The Labute approximate surface area is 179 Å². The monoisotopic (exact) mass is 433 g/mol. The van der Waals surface area contributed by atoms with E-state index in [1.165, 1.54) is 22.5 Å². The van der Waals surface area contributed by atoms with Gasteiger partial charge < -0.3 is 10.1 Å². The number of amides is 2. The molecule has 6 nitrogen and oxygen atoms in total. The van der Waals surface area contributed by atoms with Crippen LogP contribution in [0.25, 0.3) is 0 Å². The highest BCUT2D eigenvalue weighted by molar-refractivity contribution is 7.17. The van der Waals surface area contributed by atoms with E-state index in [9.17, 15) is 9.59 Å². The van der Waals surface area contributed by atoms with Gasteiger partial charge in [-0.2, -0.15) is 0 Å². The molecule has 1 saturated heterocycles. The third kappa shape index (κ3) is 4.13. The summed E-state index contributed by atoms with van der Waals surface area (Å²) in [6.45, 7) is 6.00. The molecular weight excluding hydrogens is 410 g/mol. The van der Waals surface area contributed by atoms with Gasteiger partial charge in [-0.25, -0.2) is 4.79 Å². The van der Waals surface area contributed by atoms with Gasteiger partial charge in [0.25, 0.3) is 5.91 Å². The summed E-state index contributed by atoms with van der Waals surface area (Å²) in [6.07, 6.45) is 0.206. The second-order valence-electron chi connectivity index (χ2n) is 8.23. The second kappa shape index (κ2) is 7.63. The Kier molecular flexibility index (Phi) is 5.31. The van der Waals surface area contributed by atoms with Crippen LogP contribution in [0.2, 0.25) is 4.34 Å². The fraction of sp³-hybridized carbons (Fsp3) is 0.429. The Hall–Kier alpha value is -2.09. The summed E-state index contributed by atoms with van der Waals surface area (Å²) in [7, 11) is 2.12. The quantitative estimate of drug-likeness (QED) is 0.793. The SMILES string of the molecule is CN1Cc2cc(N3C[C@H](CNC(=O)c4ccc(Cl)s4)OC3=O)ccc2CC1(C)C. The first-order chi connectivity index (χ1) is 13.7. The molecular formula is C21H24ClN3O3S. The van der Waals surface area contributed by atoms with Crippen LogP contribution in [-0.4, -0.2) is 48.7 Å². The zero-order valence-corrected chi connectivity index (χ0v) is 18.3. The molecule has 2 aliphatic heterocycles. The van der Waals surface area contributed by atoms with Gasteiger partial charge in [0.05, 0.1) is 22.3 Å². The molecule has 1 aromatic heterocycles. The number of fused-ring (bicyclic) bond motifs is 1. The number of carbonyl (C=O) groups is 2. The number of ether oxygens (including phenoxy) is 1. The lowest BCUT2D eigenvalue weighted by molar-refractivity contribution is 0.0920. The molecule has 1 N–H and O–H groups in total. The summed E-state index contributed by atoms with van der Waals surface area (Å²) in [5.41, 5.74) is 3.52. The van der Waals surface area contributed by atoms with E-state index < -0.39 is 0 Å². The van der Waals surface area contributed by atoms with Gasteiger partial charge in [0.15, 0.2) is 0 Å². The third-order valence-corrected chi connectivity index (χ3v) is 6.96. The van der Waals surface area contributed by atoms with E-state index in [1.807, 2.05) is 6.07 Å². The zero-order chi connectivity index (χ0) is 20.8. The van der Waals surface area contributed by atoms with Crippen LogP contribution in [0.15, 0.2) is 30.3 Å². The summed E-state index contributed by atoms with van der Waals surface area (Å²) >= 11 is 7.09. The van der Waals surface area contributed by atoms with Crippen molar-refractivity contribution in [3.05, 3.63) is 50.7 Å². The molecule has 2 aromatic rings. The van der Waals surface area contributed by atoms with Crippen molar-refractivity contribution >= 4 is 40.6 Å². The lowest BCUT2D eigenvalue weighted by Gasteiger charge is -2.41. The number of cyclic esters (lactones) is 1. The second-order valence-corrected chi connectivity index (χ2v) is 9.94. The molecule has 3 heterocycles. The predicted octanol–water partition coefficient (Wildman–Crippen LogP) is 3.92. The van der Waals surface area contributed by atoms with Gasteiger partial charge in [-0.05, 0) is 62.7 Å². The van der Waals surface area contributed by atoms with Crippen molar-refractivity contribution in [3.63, 3.8) is 0 Å². The number of halogens is 1. The fourth-order valence-electron chi connectivity index (χ4n) is 3.74. The van der Waals surface area contributed by atoms with Gasteiger partial charge in [-0.1, -0.05) is 17.7 Å². The Balaban J connectivity index is 1.41. The molecule has 2 amide bonds. The summed E-state index contributed by atoms with van der Waals surface area (Å²) in [4.78, 5) is 29.1. The lowest BCUT2D eigenvalue weighted by atomic mass is 9.86. The summed E-state index contributed by atoms with van der Waals surface area (Å²) in [6, 6.07) is 9.54. The van der Waals surface area contributed by atoms with Crippen LogP contribution in [0.1, 0.15) is 34.6 Å². The number of likely N-dealkylation sites (N-methyl/N-ethyl adjacent to an activating group) is 1. The van der Waals surface area contributed by atoms with Crippen LogP contribution >= 0.6 is 22.9 Å². The molecule has 29 heavy (non-hydrogen) atoms. The number of carbonyl (C=O) groups excluding carboxylic acids is 2. The van der Waals surface area contributed by atoms with E-state index in [2.05, 4.69) is 43.2 Å². The number of thiophene rings is 1. The molecule has 154 valence electrons. The maximum atomic E-state index is 12.4. The van der Waals surface area contributed by atoms with Crippen LogP contribution in [0.4, 0.5) is 10.5 Å². The largest absolute Gasteiger partial charge is 0.442 e. The molecule has 0 saturated carbocycles. The van der Waals surface area contributed by atoms with Crippen LogP contribution < -0.4 is 10.2 Å². The number of benzene rings is 1. The van der Waals surface area contributed by atoms with Gasteiger partial charge in [0.1, 0.15) is 6.10 Å². The van der Waals surface area contributed by atoms with Crippen molar-refractivity contribution in [1.29, 1.82) is 0 Å². The van der Waals surface area contributed by atoms with Crippen molar-refractivity contribution < 1.29 is 14.3 Å². The minimum Gasteiger partial charge on any atom is -0.442 e. The molecule has 1 fully saturated rings. The fourth-order valence-corrected chi connectivity index (χ4v) is 4.70. The standard InChI is InChI=1S/C21H24ClN3O3S/c1-21(2)9-13-4-5-15(8-14(13)11-24(21)3)25-12-16(28-20(25)27)10-23-19(26)17-6-7-18(22)29-17/h4-8,16H,9-12H2,1-3H3,(H,23,26)/t16-/m0/s1. The molecule has 1 atom stereocenters. The van der Waals surface area contributed by atoms with Crippen molar-refractivity contribution in [3.8, 4) is 0 Å². The molecule has 2 aliphatic rings. The first-order valence-corrected chi connectivity index (χ1v) is 10.8. The van der Waals surface area contributed by atoms with Crippen molar-refractivity contribution in [1.82, 2.24) is 10.2 Å². The predicted molar refractivity (Wildman–Crippen MR) is 115 cm³/mol. The average Bonchev–Trinajstić information content (AvgIpc) is 3.26. The molecule has 1 aromatic carbocycles. The maximum Gasteiger partial charge on any atom is 0.414 e. The van der Waals surface area contributed by atoms with Gasteiger partial charge in [0.2, 0.25) is 0 Å². The number of hydrogen-bond donors (Lipinski definition) is 1. The number of nitrogens with one attached hydrogen (secondary N) is 1. The number of rotatable bonds is 4. The van der Waals surface area contributed by atoms with Crippen LogP contribution in [-0.2, 0) is 17.7 Å². The molecule has 4 rings (SSSR count). The lowest BCUT2D eigenvalue weighted by Crippen LogP contribution is -2.45. The zero-order valence-electron chi connectivity index (χ0n) is 16.7. The normalized spacial score (nSPS) is 21.0. The minimum atomic E-state index is -0.389. The molecule has 0 unspecified atom stereocenters. The number of nitrogens with zero attached hydrogens (tertiary/aromatic N) is 2. The molecule has 0 radical (unpaired) electrons. The van der Waals surface area contributed by atoms with Crippen LogP contribution in [0.5, 0.6) is 0 Å². The van der Waals surface area contributed by atoms with Gasteiger partial charge in [0, 0.05) is 17.8 Å². The first-order valence-electron chi connectivity index (χ1n) is 9.58. The highest BCUT2D eigenvalue weighted by atomic mass is 35.5. The average molecular weight is 434 g/mol. The maximum absolute atomic E-state index is 12.4. The van der Waals surface area contributed by atoms with E-state index in [0.29, 0.717) is 15.8 Å². The van der Waals surface area contributed by atoms with Crippen LogP contribution in [0.3, 0.4) is 0 Å². The van der Waals surface area contributed by atoms with Gasteiger partial charge in [-0.15, -0.1) is 11.3 Å². The molecule has 0 aliphatic carbocycles. The van der Waals surface area contributed by atoms with E-state index in [-0.39, 0.29) is 30.2 Å². The molecule has 0 spiro atoms. The Morgan fingerprint density at radius 1 is 1.31 bits per heavy atom. The van der Waals surface area contributed by atoms with Crippen LogP contribution in [0, 0.1) is 0 Å². The minimum absolute atomic E-state index is 0.122. The smallest absolute Gasteiger partial charge is 0.414 e. The van der Waals surface area contributed by atoms with E-state index in [0.717, 1.165) is 18.7 Å². The summed E-state index contributed by atoms with van der Waals surface area (Å²) < 4.78 is 6.02. The van der Waals surface area contributed by atoms with Crippen molar-refractivity contribution in [2.45, 2.75) is 38.5 Å². The van der Waals surface area contributed by atoms with Crippen molar-refractivity contribution in [2.75, 3.05) is 25.0 Å². The van der Waals surface area contributed by atoms with Gasteiger partial charge >= 0.3 is 6.09 Å². The molecule has 0 bridgehead atoms. The number of hydrogen-bond acceptors (Lipinski definition) is 5. The number of anilines is 1. The third-order valence-electron chi connectivity index (χ3n) is 5.73. The van der Waals surface area contributed by atoms with E-state index in [4.69, 9.17) is 16.3 Å². The topological polar surface area (TPSA) is 61.9 Å². The summed E-state index contributed by atoms with van der Waals surface area (Å²) in [5.74, 6) is -0.212. The molecule has 8 heteroatoms. The summed E-state index contributed by atoms with van der Waals surface area (Å²) in [5, 5.41) is 2.81. The Morgan fingerprint density at radius 2 is 2.10 bits per heavy atom. The van der Waals surface area contributed by atoms with Crippen molar-refractivity contribution in [2.24, 2.45) is 0 Å².